The molecule has 0 atom stereocenters. The summed E-state index contributed by atoms with van der Waals surface area (Å²) in [6.45, 7) is 0. The van der Waals surface area contributed by atoms with Gasteiger partial charge in [-0.2, -0.15) is 10.5 Å². The molecule has 0 amide bonds. The van der Waals surface area contributed by atoms with Gasteiger partial charge in [0.15, 0.2) is 0 Å². The van der Waals surface area contributed by atoms with Crippen molar-refractivity contribution in [2.24, 2.45) is 11.8 Å². The molecule has 0 saturated heterocycles. The van der Waals surface area contributed by atoms with Gasteiger partial charge in [-0.1, -0.05) is 18.2 Å². The Morgan fingerprint density at radius 1 is 1.00 bits per heavy atom. The van der Waals surface area contributed by atoms with Gasteiger partial charge in [-0.15, -0.1) is 0 Å². The van der Waals surface area contributed by atoms with E-state index in [2.05, 4.69) is 18.2 Å². The highest BCUT2D eigenvalue weighted by molar-refractivity contribution is 5.72. The summed E-state index contributed by atoms with van der Waals surface area (Å²) in [7, 11) is 0. The van der Waals surface area contributed by atoms with Crippen LogP contribution in [0.2, 0.25) is 0 Å². The maximum absolute atomic E-state index is 12.6. The number of rotatable bonds is 6. The Morgan fingerprint density at radius 3 is 2.31 bits per heavy atom. The second kappa shape index (κ2) is 10.8. The lowest BCUT2D eigenvalue weighted by Crippen LogP contribution is -2.29. The fraction of sp³-hybridized carbons (Fsp3) is 0.560. The predicted molar refractivity (Wildman–Crippen MR) is 112 cm³/mol. The van der Waals surface area contributed by atoms with Gasteiger partial charge in [0.1, 0.15) is 6.10 Å². The molecule has 0 aromatic heterocycles. The first-order valence-corrected chi connectivity index (χ1v) is 10.9. The Balaban J connectivity index is 1.37. The number of hydrogen-bond acceptors (Lipinski definition) is 4. The average molecular weight is 391 g/mol. The summed E-state index contributed by atoms with van der Waals surface area (Å²) in [5, 5.41) is 17.5. The number of carbonyl (C=O) groups excluding carboxylic acids is 1. The summed E-state index contributed by atoms with van der Waals surface area (Å²) in [4.78, 5) is 12.6. The van der Waals surface area contributed by atoms with Gasteiger partial charge >= 0.3 is 5.97 Å². The molecule has 1 aromatic carbocycles. The predicted octanol–water partition coefficient (Wildman–Crippen LogP) is 5.79. The minimum absolute atomic E-state index is 0.00893. The third kappa shape index (κ3) is 6.20. The smallest absolute Gasteiger partial charge is 0.309 e. The highest BCUT2D eigenvalue weighted by atomic mass is 16.5. The topological polar surface area (TPSA) is 73.9 Å². The van der Waals surface area contributed by atoms with Crippen molar-refractivity contribution in [2.45, 2.75) is 76.2 Å². The van der Waals surface area contributed by atoms with Gasteiger partial charge in [0, 0.05) is 6.08 Å². The normalized spacial score (nSPS) is 27.1. The monoisotopic (exact) mass is 390 g/mol. The summed E-state index contributed by atoms with van der Waals surface area (Å²) in [5.41, 5.74) is 1.99. The minimum Gasteiger partial charge on any atom is -0.462 e. The molecule has 4 nitrogen and oxygen atoms in total. The van der Waals surface area contributed by atoms with E-state index in [1.54, 1.807) is 6.08 Å². The number of nitriles is 2. The molecule has 0 heterocycles. The zero-order chi connectivity index (χ0) is 20.5. The van der Waals surface area contributed by atoms with Gasteiger partial charge in [-0.25, -0.2) is 0 Å². The van der Waals surface area contributed by atoms with Crippen LogP contribution >= 0.6 is 0 Å². The van der Waals surface area contributed by atoms with Gasteiger partial charge in [-0.3, -0.25) is 4.79 Å². The molecule has 0 unspecified atom stereocenters. The molecule has 2 saturated carbocycles. The third-order valence-electron chi connectivity index (χ3n) is 6.58. The van der Waals surface area contributed by atoms with Crippen LogP contribution in [0.25, 0.3) is 0 Å². The zero-order valence-corrected chi connectivity index (χ0v) is 17.1. The number of ether oxygens (including phenoxy) is 1. The molecule has 0 radical (unpaired) electrons. The fourth-order valence-electron chi connectivity index (χ4n) is 4.76. The van der Waals surface area contributed by atoms with E-state index in [9.17, 15) is 4.79 Å². The van der Waals surface area contributed by atoms with Gasteiger partial charge in [0.2, 0.25) is 0 Å². The Kier molecular flexibility index (Phi) is 7.88. The van der Waals surface area contributed by atoms with Crippen LogP contribution in [0, 0.1) is 34.5 Å². The van der Waals surface area contributed by atoms with Crippen molar-refractivity contribution in [1.29, 1.82) is 10.5 Å². The van der Waals surface area contributed by atoms with Crippen molar-refractivity contribution in [3.8, 4) is 12.1 Å². The summed E-state index contributed by atoms with van der Waals surface area (Å²) >= 11 is 0. The molecule has 2 aliphatic rings. The van der Waals surface area contributed by atoms with E-state index in [0.29, 0.717) is 17.4 Å². The van der Waals surface area contributed by atoms with Crippen LogP contribution in [0.15, 0.2) is 36.4 Å². The lowest BCUT2D eigenvalue weighted by atomic mass is 9.79. The highest BCUT2D eigenvalue weighted by Crippen LogP contribution is 2.36. The first kappa shape index (κ1) is 21.1. The fourth-order valence-corrected chi connectivity index (χ4v) is 4.76. The first-order chi connectivity index (χ1) is 14.2. The molecule has 0 aliphatic heterocycles. The SMILES string of the molecule is N#CC=CCC[C@H]1CC[C@H](C(=O)O[C@H]2CC[C@H](c3ccc(C#N)cc3)CC2)CC1. The van der Waals surface area contributed by atoms with Crippen LogP contribution in [0.4, 0.5) is 0 Å². The number of nitrogens with zero attached hydrogens (tertiary/aromatic N) is 2. The lowest BCUT2D eigenvalue weighted by molar-refractivity contribution is -0.157. The van der Waals surface area contributed by atoms with Crippen LogP contribution in [0.5, 0.6) is 0 Å². The van der Waals surface area contributed by atoms with E-state index < -0.39 is 0 Å². The third-order valence-corrected chi connectivity index (χ3v) is 6.58. The molecular weight excluding hydrogens is 360 g/mol. The summed E-state index contributed by atoms with van der Waals surface area (Å²) in [5.74, 6) is 1.25. The lowest BCUT2D eigenvalue weighted by Gasteiger charge is -2.31. The van der Waals surface area contributed by atoms with Crippen molar-refractivity contribution < 1.29 is 9.53 Å². The Bertz CT molecular complexity index is 769. The standard InChI is InChI=1S/C25H30N2O2/c26-17-3-1-2-4-19-5-11-23(12-6-19)25(28)29-24-15-13-22(14-16-24)21-9-7-20(18-27)8-10-21/h1,3,7-10,19,22-24H,2,4-6,11-16H2/t19-,22-,23-,24-. The van der Waals surface area contributed by atoms with Crippen molar-refractivity contribution in [1.82, 2.24) is 0 Å². The van der Waals surface area contributed by atoms with Crippen molar-refractivity contribution >= 4 is 5.97 Å². The maximum Gasteiger partial charge on any atom is 0.309 e. The van der Waals surface area contributed by atoms with Crippen LogP contribution in [-0.2, 0) is 9.53 Å². The number of benzene rings is 1. The summed E-state index contributed by atoms with van der Waals surface area (Å²) in [6, 6.07) is 12.1. The molecule has 2 aliphatic carbocycles. The second-order valence-corrected chi connectivity index (χ2v) is 8.47. The Morgan fingerprint density at radius 2 is 1.69 bits per heavy atom. The minimum atomic E-state index is 0.00893. The molecule has 2 fully saturated rings. The summed E-state index contributed by atoms with van der Waals surface area (Å²) in [6.07, 6.45) is 13.6. The van der Waals surface area contributed by atoms with Crippen molar-refractivity contribution in [3.63, 3.8) is 0 Å². The maximum atomic E-state index is 12.6. The molecule has 29 heavy (non-hydrogen) atoms. The Hall–Kier alpha value is -2.59. The van der Waals surface area contributed by atoms with Crippen molar-refractivity contribution in [2.75, 3.05) is 0 Å². The van der Waals surface area contributed by atoms with E-state index in [-0.39, 0.29) is 18.0 Å². The molecule has 0 bridgehead atoms. The molecule has 0 spiro atoms. The largest absolute Gasteiger partial charge is 0.462 e. The van der Waals surface area contributed by atoms with E-state index in [0.717, 1.165) is 64.2 Å². The van der Waals surface area contributed by atoms with Crippen molar-refractivity contribution in [3.05, 3.63) is 47.5 Å². The zero-order valence-electron chi connectivity index (χ0n) is 17.1. The number of hydrogen-bond donors (Lipinski definition) is 0. The van der Waals surface area contributed by atoms with Crippen LogP contribution in [0.1, 0.15) is 81.3 Å². The average Bonchev–Trinajstić information content (AvgIpc) is 2.78. The number of allylic oxidation sites excluding steroid dienone is 2. The highest BCUT2D eigenvalue weighted by Gasteiger charge is 2.30. The molecule has 3 rings (SSSR count). The quantitative estimate of drug-likeness (QED) is 0.455. The summed E-state index contributed by atoms with van der Waals surface area (Å²) < 4.78 is 5.87. The van der Waals surface area contributed by atoms with E-state index >= 15 is 0 Å². The molecule has 1 aromatic rings. The molecular formula is C25H30N2O2. The number of esters is 1. The van der Waals surface area contributed by atoms with Gasteiger partial charge in [0.05, 0.1) is 23.6 Å². The van der Waals surface area contributed by atoms with Gasteiger partial charge in [0.25, 0.3) is 0 Å². The molecule has 0 N–H and O–H groups in total. The first-order valence-electron chi connectivity index (χ1n) is 10.9. The van der Waals surface area contributed by atoms with E-state index in [4.69, 9.17) is 15.3 Å². The van der Waals surface area contributed by atoms with E-state index in [1.165, 1.54) is 5.56 Å². The van der Waals surface area contributed by atoms with Gasteiger partial charge < -0.3 is 4.74 Å². The van der Waals surface area contributed by atoms with Gasteiger partial charge in [-0.05, 0) is 93.7 Å². The number of carbonyl (C=O) groups is 1. The van der Waals surface area contributed by atoms with Crippen LogP contribution in [0.3, 0.4) is 0 Å². The molecule has 152 valence electrons. The second-order valence-electron chi connectivity index (χ2n) is 8.47. The van der Waals surface area contributed by atoms with Crippen LogP contribution < -0.4 is 0 Å². The van der Waals surface area contributed by atoms with Crippen LogP contribution in [-0.4, -0.2) is 12.1 Å². The Labute approximate surface area is 174 Å². The molecule has 4 heteroatoms. The van der Waals surface area contributed by atoms with E-state index in [1.807, 2.05) is 24.3 Å².